The summed E-state index contributed by atoms with van der Waals surface area (Å²) in [5.74, 6) is 2.89. The molecule has 6 heterocycles. The van der Waals surface area contributed by atoms with Crippen molar-refractivity contribution in [1.29, 1.82) is 0 Å². The average Bonchev–Trinajstić information content (AvgIpc) is 1.51. The van der Waals surface area contributed by atoms with Gasteiger partial charge in [0.2, 0.25) is 0 Å². The van der Waals surface area contributed by atoms with Gasteiger partial charge in [0, 0.05) is 118 Å². The first kappa shape index (κ1) is 69.6. The first-order valence-electron chi connectivity index (χ1n) is 48.9. The maximum absolute atomic E-state index is 9.52. The van der Waals surface area contributed by atoms with E-state index in [4.69, 9.17) is 22.2 Å². The van der Waals surface area contributed by atoms with Crippen molar-refractivity contribution in [3.63, 3.8) is 0 Å². The molecule has 6 unspecified atom stereocenters. The fourth-order valence-corrected chi connectivity index (χ4v) is 24.2. The number of fused-ring (bicyclic) bond motifs is 4. The van der Waals surface area contributed by atoms with E-state index in [1.807, 2.05) is 69.3 Å². The highest BCUT2D eigenvalue weighted by Gasteiger charge is 2.66. The van der Waals surface area contributed by atoms with E-state index in [-0.39, 0.29) is 71.6 Å². The van der Waals surface area contributed by atoms with Crippen LogP contribution in [0.4, 0.5) is 34.1 Å². The van der Waals surface area contributed by atoms with Crippen molar-refractivity contribution in [1.82, 2.24) is 0 Å². The Morgan fingerprint density at radius 1 is 0.366 bits per heavy atom. The van der Waals surface area contributed by atoms with Gasteiger partial charge in [-0.15, -0.1) is 0 Å². The second-order valence-corrected chi connectivity index (χ2v) is 37.5. The minimum absolute atomic E-state index is 0. The summed E-state index contributed by atoms with van der Waals surface area (Å²) in [6.07, 6.45) is 15.5. The molecule has 1 aromatic heterocycles. The van der Waals surface area contributed by atoms with Crippen molar-refractivity contribution < 1.29 is 25.0 Å². The highest BCUT2D eigenvalue weighted by atomic mass is 16.3. The Hall–Kier alpha value is -6.66. The van der Waals surface area contributed by atoms with Crippen LogP contribution in [0.1, 0.15) is 330 Å². The minimum Gasteiger partial charge on any atom is -0.454 e. The predicted molar refractivity (Wildman–Crippen MR) is 495 cm³/mol. The molecule has 19 rings (SSSR count). The molecule has 7 aromatic carbocycles. The van der Waals surface area contributed by atoms with Gasteiger partial charge in [0.1, 0.15) is 5.58 Å². The van der Waals surface area contributed by atoms with Crippen LogP contribution < -0.4 is 24.5 Å². The summed E-state index contributed by atoms with van der Waals surface area (Å²) >= 11 is 0. The van der Waals surface area contributed by atoms with E-state index in [2.05, 4.69) is 207 Å². The molecule has 6 aliphatic carbocycles. The van der Waals surface area contributed by atoms with E-state index in [0.717, 1.165) is 63.9 Å². The van der Waals surface area contributed by atoms with Gasteiger partial charge in [-0.2, -0.15) is 0 Å². The Bertz CT molecular complexity index is 5090. The third-order valence-electron chi connectivity index (χ3n) is 28.9. The minimum atomic E-state index is -3.00. The number of hydrogen-bond acceptors (Lipinski definition) is 6. The molecule has 4 bridgehead atoms. The van der Waals surface area contributed by atoms with Crippen LogP contribution in [0.3, 0.4) is 0 Å². The second kappa shape index (κ2) is 33.1. The molecule has 0 radical (unpaired) electrons. The van der Waals surface area contributed by atoms with E-state index < -0.39 is 73.2 Å². The van der Waals surface area contributed by atoms with Gasteiger partial charge in [-0.05, 0) is 323 Å². The van der Waals surface area contributed by atoms with Gasteiger partial charge >= 0.3 is 0 Å². The van der Waals surface area contributed by atoms with Gasteiger partial charge < -0.3 is 28.9 Å². The summed E-state index contributed by atoms with van der Waals surface area (Å²) in [6.45, 7) is 31.4. The van der Waals surface area contributed by atoms with Crippen LogP contribution >= 0.6 is 0 Å². The Morgan fingerprint density at radius 3 is 1.28 bits per heavy atom. The molecule has 6 saturated carbocycles. The van der Waals surface area contributed by atoms with Crippen LogP contribution in [0.5, 0.6) is 0 Å². The molecule has 6 nitrogen and oxygen atoms in total. The van der Waals surface area contributed by atoms with E-state index in [1.165, 1.54) is 141 Å². The van der Waals surface area contributed by atoms with E-state index in [9.17, 15) is 2.74 Å². The van der Waals surface area contributed by atoms with Gasteiger partial charge in [-0.3, -0.25) is 0 Å². The van der Waals surface area contributed by atoms with Crippen molar-refractivity contribution in [2.24, 2.45) is 45.3 Å². The van der Waals surface area contributed by atoms with Crippen LogP contribution in [0.15, 0.2) is 162 Å². The second-order valence-electron chi connectivity index (χ2n) is 37.5. The van der Waals surface area contributed by atoms with Gasteiger partial charge in [0.15, 0.2) is 5.58 Å². The smallest absolute Gasteiger partial charge is 0.158 e. The molecular formula is C106H159N5O. The summed E-state index contributed by atoms with van der Waals surface area (Å²) in [6, 6.07) is 53.1. The first-order valence-corrected chi connectivity index (χ1v) is 41.4. The van der Waals surface area contributed by atoms with E-state index in [0.29, 0.717) is 29.0 Å². The van der Waals surface area contributed by atoms with E-state index >= 15 is 0 Å². The lowest BCUT2D eigenvalue weighted by atomic mass is 9.43. The number of anilines is 6. The molecule has 6 atom stereocenters. The highest BCUT2D eigenvalue weighted by Crippen LogP contribution is 2.70. The highest BCUT2D eigenvalue weighted by molar-refractivity contribution is 6.09. The fraction of sp³-hybridized carbons (Fsp3) is 0.604. The molecular weight excluding hydrogens is 1360 g/mol. The molecule has 3 spiro atoms. The molecule has 6 heteroatoms. The Balaban J connectivity index is 0.000000178. The van der Waals surface area contributed by atoms with Crippen molar-refractivity contribution >= 4 is 56.1 Å². The lowest BCUT2D eigenvalue weighted by Crippen LogP contribution is -2.57. The fourth-order valence-electron chi connectivity index (χ4n) is 24.2. The Kier molecular flexibility index (Phi) is 20.6. The van der Waals surface area contributed by atoms with Crippen molar-refractivity contribution in [2.75, 3.05) is 24.5 Å². The molecule has 5 aliphatic heterocycles. The maximum atomic E-state index is 9.52. The first-order chi connectivity index (χ1) is 56.7. The lowest BCUT2D eigenvalue weighted by Gasteiger charge is -2.62. The van der Waals surface area contributed by atoms with E-state index in [1.54, 1.807) is 30.9 Å². The SMILES string of the molecule is C.C.C.C.C.Cc1ccc2c(oc3ccccc32)c1N1C(C)C2(CCCCC2)CC1(C)C.[2H]C([2H])([2H])C1(C([2H])([2H])[2H])C(C)N(c2ccccc2C)C(C)(C)C1([2H])[2H].[2H]C([2H])([2H])C1(C)c2ccccc2N(c2ccccc2C)C1C.[2H]C1([2H])C2(C3CC4CC(C3)CC2C4)C(C)N(c2ccccc2C)C1(C)C.[2H]C1([2H])C2(CCCCC2)C(C)N(c2ccccc2C)C1(C)C. The van der Waals surface area contributed by atoms with Crippen molar-refractivity contribution in [3.05, 3.63) is 191 Å². The number of furan rings is 1. The average molecular weight is 1530 g/mol. The van der Waals surface area contributed by atoms with Gasteiger partial charge in [-0.1, -0.05) is 224 Å². The Labute approximate surface area is 707 Å². The van der Waals surface area contributed by atoms with Crippen molar-refractivity contribution in [2.45, 2.75) is 369 Å². The molecule has 614 valence electrons. The summed E-state index contributed by atoms with van der Waals surface area (Å²) in [5.41, 5.74) is 9.79. The van der Waals surface area contributed by atoms with Crippen LogP contribution in [0.2, 0.25) is 0 Å². The normalized spacial score (nSPS) is 32.5. The molecule has 0 N–H and O–H groups in total. The third kappa shape index (κ3) is 15.5. The summed E-state index contributed by atoms with van der Waals surface area (Å²) in [4.78, 5) is 11.4. The van der Waals surface area contributed by atoms with Crippen LogP contribution in [0.25, 0.3) is 21.9 Å². The van der Waals surface area contributed by atoms with Crippen molar-refractivity contribution in [3.8, 4) is 0 Å². The number of benzene rings is 7. The molecule has 8 aromatic rings. The Morgan fingerprint density at radius 2 is 0.786 bits per heavy atom. The monoisotopic (exact) mass is 1530 g/mol. The largest absolute Gasteiger partial charge is 0.454 e. The number of rotatable bonds is 5. The molecule has 4 saturated heterocycles. The number of aryl methyl sites for hydroxylation is 5. The summed E-state index contributed by atoms with van der Waals surface area (Å²) < 4.78 is 133. The van der Waals surface area contributed by atoms with Gasteiger partial charge in [-0.25, -0.2) is 0 Å². The number of nitrogens with zero attached hydrogens (tertiary/aromatic N) is 5. The number of para-hydroxylation sites is 6. The lowest BCUT2D eigenvalue weighted by molar-refractivity contribution is -0.113. The summed E-state index contributed by atoms with van der Waals surface area (Å²) in [5, 5.41) is 2.48. The molecule has 10 fully saturated rings. The van der Waals surface area contributed by atoms with Gasteiger partial charge in [0.05, 0.1) is 5.69 Å². The standard InChI is InChI=1S/C25H31NO.C23H33N.C19H29N.C18H21N.C16H25N.5CH4/c1-17-12-13-20-19-10-6-7-11-21(19)27-23(20)22(17)26-18(2)25(16-24(26,3)4)14-8-5-9-15-25;1-15-7-5-6-8-21(15)24-16(2)23(14-22(24,3)4)19-10-17-9-18(12-19)13-20(23)11-17;1-15-10-6-7-11-17(15)20-16(2)19(14-18(20,3)4)12-8-5-9-13-19;1-13-9-5-7-11-16(13)19-14(2)18(3,4)15-10-6-8-12-17(15)19;1-12-9-7-8-10-14(12)17-13(2)15(3,4)11-16(17,5)6;;;;;/h6-7,10-13,18H,5,8-9,14-16H2,1-4H3;5-8,16-20H,9-14H2,1-4H3;6-7,10-11,16H,5,8-9,12-14H2,1-4H3;5-12,14H,1-4H3;7-10,13H,11H2,1-6H3;5*1H4/i;2*14D2;3D3;3D3,4D3,11D2;;;;;. The summed E-state index contributed by atoms with van der Waals surface area (Å²) in [7, 11) is 0. The zero-order valence-corrected chi connectivity index (χ0v) is 68.7. The van der Waals surface area contributed by atoms with Gasteiger partial charge in [0.25, 0.3) is 0 Å². The van der Waals surface area contributed by atoms with Crippen LogP contribution in [-0.4, -0.2) is 52.4 Å². The molecule has 0 amide bonds. The molecule has 11 aliphatic rings. The zero-order chi connectivity index (χ0) is 89.2. The topological polar surface area (TPSA) is 29.3 Å². The molecule has 112 heavy (non-hydrogen) atoms. The maximum Gasteiger partial charge on any atom is 0.158 e. The quantitative estimate of drug-likeness (QED) is 0.171. The van der Waals surface area contributed by atoms with Crippen LogP contribution in [0, 0.1) is 80.0 Å². The zero-order valence-electron chi connectivity index (χ0n) is 83.7. The van der Waals surface area contributed by atoms with Crippen LogP contribution in [-0.2, 0) is 5.41 Å². The number of hydrogen-bond donors (Lipinski definition) is 0. The third-order valence-corrected chi connectivity index (χ3v) is 28.9. The predicted octanol–water partition coefficient (Wildman–Crippen LogP) is 30.8.